The van der Waals surface area contributed by atoms with Gasteiger partial charge in [-0.3, -0.25) is 9.59 Å². The third kappa shape index (κ3) is 6.42. The molecule has 0 aromatic heterocycles. The molecule has 2 aromatic carbocycles. The number of carbonyl (C=O) groups is 2. The Hall–Kier alpha value is -3.32. The third-order valence-corrected chi connectivity index (χ3v) is 6.12. The lowest BCUT2D eigenvalue weighted by Crippen LogP contribution is -2.32. The fourth-order valence-corrected chi connectivity index (χ4v) is 4.21. The van der Waals surface area contributed by atoms with Crippen LogP contribution in [0.15, 0.2) is 54.1 Å². The van der Waals surface area contributed by atoms with Crippen LogP contribution in [0.1, 0.15) is 49.8 Å². The molecule has 1 unspecified atom stereocenters. The summed E-state index contributed by atoms with van der Waals surface area (Å²) >= 11 is 0. The summed E-state index contributed by atoms with van der Waals surface area (Å²) in [7, 11) is 5.51. The molecule has 0 spiro atoms. The fraction of sp³-hybridized carbons (Fsp3) is 0.429. The van der Waals surface area contributed by atoms with Crippen LogP contribution in [0.4, 0.5) is 0 Å². The van der Waals surface area contributed by atoms with E-state index in [9.17, 15) is 14.7 Å². The molecular formula is C28H36N2O5. The van der Waals surface area contributed by atoms with Gasteiger partial charge in [0.2, 0.25) is 0 Å². The smallest absolute Gasteiger partial charge is 0.295 e. The van der Waals surface area contributed by atoms with Gasteiger partial charge in [0, 0.05) is 12.1 Å². The number of methoxy groups -OCH3 is 1. The van der Waals surface area contributed by atoms with Crippen LogP contribution in [0.3, 0.4) is 0 Å². The van der Waals surface area contributed by atoms with E-state index < -0.39 is 17.7 Å². The number of hydrogen-bond donors (Lipinski definition) is 1. The van der Waals surface area contributed by atoms with E-state index in [1.807, 2.05) is 31.1 Å². The Balaban J connectivity index is 1.94. The van der Waals surface area contributed by atoms with E-state index in [0.717, 1.165) is 31.4 Å². The molecule has 1 fully saturated rings. The van der Waals surface area contributed by atoms with Crippen molar-refractivity contribution in [2.75, 3.05) is 40.9 Å². The fourth-order valence-electron chi connectivity index (χ4n) is 4.21. The SMILES string of the molecule is CCCCCOc1ccc(/C(O)=C2/C(=O)C(=O)N(CCCN(C)C)C2c2ccc(OC)cc2)cc1. The first-order chi connectivity index (χ1) is 16.9. The molecule has 7 heteroatoms. The monoisotopic (exact) mass is 480 g/mol. The number of carbonyl (C=O) groups excluding carboxylic acids is 2. The molecule has 0 bridgehead atoms. The van der Waals surface area contributed by atoms with Gasteiger partial charge in [0.1, 0.15) is 17.3 Å². The number of ether oxygens (including phenoxy) is 2. The number of ketones is 1. The van der Waals surface area contributed by atoms with Crippen molar-refractivity contribution in [3.05, 3.63) is 65.2 Å². The molecule has 1 saturated heterocycles. The van der Waals surface area contributed by atoms with E-state index in [2.05, 4.69) is 6.92 Å². The summed E-state index contributed by atoms with van der Waals surface area (Å²) in [6.07, 6.45) is 3.92. The van der Waals surface area contributed by atoms with Gasteiger partial charge < -0.3 is 24.4 Å². The Kier molecular flexibility index (Phi) is 9.32. The third-order valence-electron chi connectivity index (χ3n) is 6.12. The lowest BCUT2D eigenvalue weighted by Gasteiger charge is -2.26. The first-order valence-corrected chi connectivity index (χ1v) is 12.2. The van der Waals surface area contributed by atoms with Gasteiger partial charge in [0.15, 0.2) is 0 Å². The second-order valence-electron chi connectivity index (χ2n) is 9.00. The van der Waals surface area contributed by atoms with Crippen molar-refractivity contribution in [1.82, 2.24) is 9.80 Å². The van der Waals surface area contributed by atoms with Crippen LogP contribution in [0.2, 0.25) is 0 Å². The van der Waals surface area contributed by atoms with Crippen molar-refractivity contribution < 1.29 is 24.2 Å². The number of nitrogens with zero attached hydrogens (tertiary/aromatic N) is 2. The Bertz CT molecular complexity index is 1030. The molecule has 3 rings (SSSR count). The highest BCUT2D eigenvalue weighted by atomic mass is 16.5. The van der Waals surface area contributed by atoms with Gasteiger partial charge >= 0.3 is 0 Å². The highest BCUT2D eigenvalue weighted by molar-refractivity contribution is 6.46. The molecule has 188 valence electrons. The number of benzene rings is 2. The van der Waals surface area contributed by atoms with Crippen LogP contribution in [0.5, 0.6) is 11.5 Å². The van der Waals surface area contributed by atoms with Crippen molar-refractivity contribution in [1.29, 1.82) is 0 Å². The average molecular weight is 481 g/mol. The average Bonchev–Trinajstić information content (AvgIpc) is 3.11. The molecule has 7 nitrogen and oxygen atoms in total. The van der Waals surface area contributed by atoms with Crippen molar-refractivity contribution in [3.8, 4) is 11.5 Å². The van der Waals surface area contributed by atoms with Crippen molar-refractivity contribution in [2.45, 2.75) is 38.6 Å². The minimum atomic E-state index is -0.673. The van der Waals surface area contributed by atoms with E-state index in [0.29, 0.717) is 36.6 Å². The molecule has 1 heterocycles. The van der Waals surface area contributed by atoms with Gasteiger partial charge in [0.05, 0.1) is 25.3 Å². The Morgan fingerprint density at radius 2 is 1.63 bits per heavy atom. The van der Waals surface area contributed by atoms with Crippen molar-refractivity contribution >= 4 is 17.4 Å². The topological polar surface area (TPSA) is 79.3 Å². The Morgan fingerprint density at radius 1 is 0.971 bits per heavy atom. The maximum atomic E-state index is 13.1. The molecular weight excluding hydrogens is 444 g/mol. The van der Waals surface area contributed by atoms with Crippen molar-refractivity contribution in [2.24, 2.45) is 0 Å². The molecule has 1 aliphatic heterocycles. The normalized spacial score (nSPS) is 17.3. The number of likely N-dealkylation sites (tertiary alicyclic amines) is 1. The number of unbranched alkanes of at least 4 members (excludes halogenated alkanes) is 2. The van der Waals surface area contributed by atoms with E-state index >= 15 is 0 Å². The number of Topliss-reactive ketones (excluding diaryl/α,β-unsaturated/α-hetero) is 1. The molecule has 1 N–H and O–H groups in total. The second-order valence-corrected chi connectivity index (χ2v) is 9.00. The molecule has 0 radical (unpaired) electrons. The highest BCUT2D eigenvalue weighted by Gasteiger charge is 2.45. The summed E-state index contributed by atoms with van der Waals surface area (Å²) in [6.45, 7) is 3.95. The largest absolute Gasteiger partial charge is 0.507 e. The van der Waals surface area contributed by atoms with Crippen LogP contribution in [0, 0.1) is 0 Å². The van der Waals surface area contributed by atoms with Crippen LogP contribution < -0.4 is 9.47 Å². The van der Waals surface area contributed by atoms with Gasteiger partial charge in [-0.05, 0) is 75.4 Å². The number of aliphatic hydroxyl groups excluding tert-OH is 1. The lowest BCUT2D eigenvalue weighted by atomic mass is 9.95. The summed E-state index contributed by atoms with van der Waals surface area (Å²) in [4.78, 5) is 29.8. The number of aliphatic hydroxyl groups is 1. The van der Waals surface area contributed by atoms with Crippen LogP contribution in [-0.4, -0.2) is 67.5 Å². The van der Waals surface area contributed by atoms with Crippen LogP contribution >= 0.6 is 0 Å². The Labute approximate surface area is 207 Å². The zero-order valence-corrected chi connectivity index (χ0v) is 21.1. The zero-order chi connectivity index (χ0) is 25.4. The first kappa shape index (κ1) is 26.3. The molecule has 0 saturated carbocycles. The molecule has 2 aromatic rings. The van der Waals surface area contributed by atoms with E-state index in [-0.39, 0.29) is 11.3 Å². The predicted octanol–water partition coefficient (Wildman–Crippen LogP) is 4.64. The van der Waals surface area contributed by atoms with Crippen LogP contribution in [-0.2, 0) is 9.59 Å². The number of hydrogen-bond acceptors (Lipinski definition) is 6. The van der Waals surface area contributed by atoms with Gasteiger partial charge in [-0.15, -0.1) is 0 Å². The van der Waals surface area contributed by atoms with E-state index in [4.69, 9.17) is 9.47 Å². The van der Waals surface area contributed by atoms with E-state index in [1.54, 1.807) is 48.4 Å². The summed E-state index contributed by atoms with van der Waals surface area (Å²) in [6, 6.07) is 13.5. The maximum absolute atomic E-state index is 13.1. The molecule has 35 heavy (non-hydrogen) atoms. The van der Waals surface area contributed by atoms with Crippen molar-refractivity contribution in [3.63, 3.8) is 0 Å². The predicted molar refractivity (Wildman–Crippen MR) is 137 cm³/mol. The minimum absolute atomic E-state index is 0.0987. The minimum Gasteiger partial charge on any atom is -0.507 e. The van der Waals surface area contributed by atoms with Gasteiger partial charge in [-0.1, -0.05) is 31.9 Å². The quantitative estimate of drug-likeness (QED) is 0.206. The molecule has 0 aliphatic carbocycles. The molecule has 1 amide bonds. The molecule has 1 aliphatic rings. The number of rotatable bonds is 12. The first-order valence-electron chi connectivity index (χ1n) is 12.2. The van der Waals surface area contributed by atoms with E-state index in [1.165, 1.54) is 0 Å². The van der Waals surface area contributed by atoms with Gasteiger partial charge in [-0.25, -0.2) is 0 Å². The summed E-state index contributed by atoms with van der Waals surface area (Å²) in [5.41, 5.74) is 1.31. The Morgan fingerprint density at radius 3 is 2.23 bits per heavy atom. The number of amides is 1. The maximum Gasteiger partial charge on any atom is 0.295 e. The lowest BCUT2D eigenvalue weighted by molar-refractivity contribution is -0.139. The molecule has 1 atom stereocenters. The standard InChI is InChI=1S/C28H36N2O5/c1-5-6-7-19-35-23-15-11-21(12-16-23)26(31)24-25(20-9-13-22(34-4)14-10-20)30(28(33)27(24)32)18-8-17-29(2)3/h9-16,25,31H,5-8,17-19H2,1-4H3/b26-24-. The summed E-state index contributed by atoms with van der Waals surface area (Å²) in [5, 5.41) is 11.2. The second kappa shape index (κ2) is 12.4. The van der Waals surface area contributed by atoms with Gasteiger partial charge in [0.25, 0.3) is 11.7 Å². The summed E-state index contributed by atoms with van der Waals surface area (Å²) < 4.78 is 11.0. The zero-order valence-electron chi connectivity index (χ0n) is 21.1. The van der Waals surface area contributed by atoms with Crippen LogP contribution in [0.25, 0.3) is 5.76 Å². The van der Waals surface area contributed by atoms with Gasteiger partial charge in [-0.2, -0.15) is 0 Å². The summed E-state index contributed by atoms with van der Waals surface area (Å²) in [5.74, 6) is -0.0757. The highest BCUT2D eigenvalue weighted by Crippen LogP contribution is 2.40.